The number of nitrogens with zero attached hydrogens (tertiary/aromatic N) is 3. The fourth-order valence-electron chi connectivity index (χ4n) is 5.40. The van der Waals surface area contributed by atoms with Crippen LogP contribution in [0.5, 0.6) is 0 Å². The van der Waals surface area contributed by atoms with E-state index in [1.165, 1.54) is 12.1 Å². The SMILES string of the molecule is CC(C)CC(NC(c1ccc2c(c1)oc1ccc(CN3CCN(C)CC3)cc12)C(F)(F)F)C(=O)NC1(C#N)CC1. The maximum absolute atomic E-state index is 14.4. The molecular formula is C30H36F3N5O2. The third-order valence-electron chi connectivity index (χ3n) is 7.94. The number of nitriles is 1. The zero-order valence-corrected chi connectivity index (χ0v) is 23.1. The van der Waals surface area contributed by atoms with Crippen LogP contribution < -0.4 is 10.6 Å². The lowest BCUT2D eigenvalue weighted by molar-refractivity contribution is -0.161. The molecule has 5 rings (SSSR count). The smallest absolute Gasteiger partial charge is 0.407 e. The first-order chi connectivity index (χ1) is 19.0. The number of benzene rings is 2. The predicted molar refractivity (Wildman–Crippen MR) is 147 cm³/mol. The van der Waals surface area contributed by atoms with Crippen LogP contribution in [0, 0.1) is 17.2 Å². The summed E-state index contributed by atoms with van der Waals surface area (Å²) in [6, 6.07) is 9.37. The number of likely N-dealkylation sites (N-methyl/N-ethyl adjacent to an activating group) is 1. The van der Waals surface area contributed by atoms with Crippen molar-refractivity contribution in [3.05, 3.63) is 47.5 Å². The van der Waals surface area contributed by atoms with Gasteiger partial charge < -0.3 is 14.6 Å². The normalized spacial score (nSPS) is 19.6. The molecule has 2 aliphatic rings. The van der Waals surface area contributed by atoms with Crippen LogP contribution in [0.1, 0.15) is 50.3 Å². The van der Waals surface area contributed by atoms with Gasteiger partial charge in [0.25, 0.3) is 0 Å². The van der Waals surface area contributed by atoms with Crippen LogP contribution in [-0.2, 0) is 11.3 Å². The fourth-order valence-corrected chi connectivity index (χ4v) is 5.40. The molecule has 40 heavy (non-hydrogen) atoms. The van der Waals surface area contributed by atoms with Crippen molar-refractivity contribution in [3.63, 3.8) is 0 Å². The van der Waals surface area contributed by atoms with Crippen molar-refractivity contribution in [2.24, 2.45) is 5.92 Å². The Bertz CT molecular complexity index is 1410. The molecule has 1 amide bonds. The summed E-state index contributed by atoms with van der Waals surface area (Å²) in [5, 5.41) is 16.2. The van der Waals surface area contributed by atoms with Crippen LogP contribution in [0.15, 0.2) is 40.8 Å². The average molecular weight is 556 g/mol. The van der Waals surface area contributed by atoms with E-state index in [1.54, 1.807) is 6.07 Å². The first-order valence-electron chi connectivity index (χ1n) is 13.9. The molecule has 2 fully saturated rings. The third kappa shape index (κ3) is 6.27. The molecule has 214 valence electrons. The van der Waals surface area contributed by atoms with E-state index in [0.29, 0.717) is 24.0 Å². The van der Waals surface area contributed by atoms with E-state index in [1.807, 2.05) is 26.0 Å². The molecule has 0 bridgehead atoms. The Hall–Kier alpha value is -3.13. The van der Waals surface area contributed by atoms with Gasteiger partial charge in [0, 0.05) is 43.5 Å². The van der Waals surface area contributed by atoms with Crippen LogP contribution >= 0.6 is 0 Å². The Balaban J connectivity index is 1.41. The van der Waals surface area contributed by atoms with Gasteiger partial charge in [-0.2, -0.15) is 18.4 Å². The number of carbonyl (C=O) groups is 1. The topological polar surface area (TPSA) is 84.5 Å². The van der Waals surface area contributed by atoms with Crippen LogP contribution in [0.25, 0.3) is 21.9 Å². The summed E-state index contributed by atoms with van der Waals surface area (Å²) >= 11 is 0. The van der Waals surface area contributed by atoms with Gasteiger partial charge in [-0.05, 0) is 61.6 Å². The number of hydrogen-bond acceptors (Lipinski definition) is 6. The summed E-state index contributed by atoms with van der Waals surface area (Å²) in [6.07, 6.45) is -3.45. The minimum absolute atomic E-state index is 0.0281. The summed E-state index contributed by atoms with van der Waals surface area (Å²) in [5.41, 5.74) is 1.13. The molecule has 1 saturated carbocycles. The average Bonchev–Trinajstić information content (AvgIpc) is 3.58. The van der Waals surface area contributed by atoms with E-state index in [2.05, 4.69) is 39.6 Å². The van der Waals surface area contributed by atoms with E-state index in [-0.39, 0.29) is 17.9 Å². The van der Waals surface area contributed by atoms with Gasteiger partial charge in [0.15, 0.2) is 0 Å². The van der Waals surface area contributed by atoms with E-state index >= 15 is 0 Å². The first-order valence-corrected chi connectivity index (χ1v) is 13.9. The fraction of sp³-hybridized carbons (Fsp3) is 0.533. The van der Waals surface area contributed by atoms with Crippen molar-refractivity contribution in [3.8, 4) is 6.07 Å². The summed E-state index contributed by atoms with van der Waals surface area (Å²) in [4.78, 5) is 17.7. The van der Waals surface area contributed by atoms with Crippen molar-refractivity contribution < 1.29 is 22.4 Å². The highest BCUT2D eigenvalue weighted by Crippen LogP contribution is 2.38. The summed E-state index contributed by atoms with van der Waals surface area (Å²) in [7, 11) is 2.12. The van der Waals surface area contributed by atoms with E-state index in [0.717, 1.165) is 49.1 Å². The maximum atomic E-state index is 14.4. The second kappa shape index (κ2) is 11.0. The van der Waals surface area contributed by atoms with Gasteiger partial charge in [-0.3, -0.25) is 15.0 Å². The molecule has 2 N–H and O–H groups in total. The Morgan fingerprint density at radius 3 is 2.42 bits per heavy atom. The van der Waals surface area contributed by atoms with Crippen molar-refractivity contribution in [2.45, 2.75) is 63.5 Å². The molecule has 1 saturated heterocycles. The lowest BCUT2D eigenvalue weighted by Crippen LogP contribution is -2.52. The quantitative estimate of drug-likeness (QED) is 0.382. The zero-order valence-electron chi connectivity index (χ0n) is 23.1. The largest absolute Gasteiger partial charge is 0.456 e. The van der Waals surface area contributed by atoms with Crippen LogP contribution in [-0.4, -0.2) is 66.7 Å². The molecule has 3 aromatic rings. The highest BCUT2D eigenvalue weighted by Gasteiger charge is 2.47. The Morgan fingerprint density at radius 1 is 1.07 bits per heavy atom. The molecule has 1 aromatic heterocycles. The van der Waals surface area contributed by atoms with Gasteiger partial charge in [-0.15, -0.1) is 0 Å². The molecule has 1 aliphatic heterocycles. The van der Waals surface area contributed by atoms with Gasteiger partial charge in [0.05, 0.1) is 12.1 Å². The van der Waals surface area contributed by atoms with Crippen LogP contribution in [0.2, 0.25) is 0 Å². The molecular weight excluding hydrogens is 519 g/mol. The molecule has 0 spiro atoms. The van der Waals surface area contributed by atoms with E-state index < -0.39 is 29.7 Å². The van der Waals surface area contributed by atoms with Crippen LogP contribution in [0.4, 0.5) is 13.2 Å². The number of alkyl halides is 3. The second-order valence-corrected chi connectivity index (χ2v) is 11.8. The molecule has 2 atom stereocenters. The highest BCUT2D eigenvalue weighted by atomic mass is 19.4. The van der Waals surface area contributed by atoms with Gasteiger partial charge >= 0.3 is 6.18 Å². The first kappa shape index (κ1) is 28.4. The Morgan fingerprint density at radius 2 is 1.80 bits per heavy atom. The minimum Gasteiger partial charge on any atom is -0.456 e. The number of carbonyl (C=O) groups excluding carboxylic acids is 1. The molecule has 1 aliphatic carbocycles. The van der Waals surface area contributed by atoms with Crippen molar-refractivity contribution in [1.82, 2.24) is 20.4 Å². The van der Waals surface area contributed by atoms with Gasteiger partial charge in [0.1, 0.15) is 22.7 Å². The lowest BCUT2D eigenvalue weighted by atomic mass is 9.98. The molecule has 0 radical (unpaired) electrons. The van der Waals surface area contributed by atoms with Crippen molar-refractivity contribution in [2.75, 3.05) is 33.2 Å². The number of rotatable bonds is 9. The van der Waals surface area contributed by atoms with Crippen LogP contribution in [0.3, 0.4) is 0 Å². The number of piperazine rings is 1. The lowest BCUT2D eigenvalue weighted by Gasteiger charge is -2.32. The Kier molecular flexibility index (Phi) is 7.83. The van der Waals surface area contributed by atoms with E-state index in [9.17, 15) is 23.2 Å². The number of amides is 1. The predicted octanol–water partition coefficient (Wildman–Crippen LogP) is 5.11. The molecule has 2 unspecified atom stereocenters. The summed E-state index contributed by atoms with van der Waals surface area (Å²) in [5.74, 6) is -0.619. The maximum Gasteiger partial charge on any atom is 0.407 e. The molecule has 2 aromatic carbocycles. The van der Waals surface area contributed by atoms with Crippen molar-refractivity contribution >= 4 is 27.8 Å². The molecule has 7 nitrogen and oxygen atoms in total. The summed E-state index contributed by atoms with van der Waals surface area (Å²) < 4.78 is 49.2. The third-order valence-corrected chi connectivity index (χ3v) is 7.94. The van der Waals surface area contributed by atoms with Gasteiger partial charge in [0.2, 0.25) is 5.91 Å². The van der Waals surface area contributed by atoms with Crippen molar-refractivity contribution in [1.29, 1.82) is 5.26 Å². The van der Waals surface area contributed by atoms with Gasteiger partial charge in [-0.25, -0.2) is 0 Å². The standard InChI is InChI=1S/C30H36F3N5O2/c1-19(2)14-24(28(39)36-29(18-34)8-9-29)35-27(30(31,32)33)21-5-6-22-23-15-20(4-7-25(23)40-26(22)16-21)17-38-12-10-37(3)11-13-38/h4-7,15-16,19,24,27,35H,8-14,17H2,1-3H3,(H,36,39). The molecule has 10 heteroatoms. The zero-order chi connectivity index (χ0) is 28.7. The van der Waals surface area contributed by atoms with E-state index in [4.69, 9.17) is 4.42 Å². The number of fused-ring (bicyclic) bond motifs is 3. The number of halogens is 3. The number of nitrogens with one attached hydrogen (secondary N) is 2. The number of hydrogen-bond donors (Lipinski definition) is 2. The second-order valence-electron chi connectivity index (χ2n) is 11.8. The van der Waals surface area contributed by atoms with Gasteiger partial charge in [-0.1, -0.05) is 32.0 Å². The molecule has 2 heterocycles. The monoisotopic (exact) mass is 555 g/mol. The highest BCUT2D eigenvalue weighted by molar-refractivity contribution is 6.05. The number of furan rings is 1. The summed E-state index contributed by atoms with van der Waals surface area (Å²) in [6.45, 7) is 8.52. The minimum atomic E-state index is -4.66. The Labute approximate surface area is 232 Å².